The molecule has 0 radical (unpaired) electrons. The smallest absolute Gasteiger partial charge is 0.338 e. The number of aromatic carboxylic acids is 1. The van der Waals surface area contributed by atoms with Crippen LogP contribution in [0, 0.1) is 0 Å². The molecule has 1 N–H and O–H groups in total. The molecule has 0 aromatic carbocycles. The maximum atomic E-state index is 10.5. The fourth-order valence-electron chi connectivity index (χ4n) is 0.842. The summed E-state index contributed by atoms with van der Waals surface area (Å²) in [4.78, 5) is 10.5. The fourth-order valence-corrected chi connectivity index (χ4v) is 0.842. The van der Waals surface area contributed by atoms with Gasteiger partial charge in [-0.15, -0.1) is 0 Å². The number of carboxylic acids is 1. The number of furan rings is 1. The highest BCUT2D eigenvalue weighted by molar-refractivity contribution is 5.87. The van der Waals surface area contributed by atoms with Crippen LogP contribution in [0.25, 0.3) is 0 Å². The lowest BCUT2D eigenvalue weighted by Gasteiger charge is -2.13. The van der Waals surface area contributed by atoms with E-state index >= 15 is 0 Å². The lowest BCUT2D eigenvalue weighted by atomic mass is 9.93. The summed E-state index contributed by atoms with van der Waals surface area (Å²) in [5.74, 6) is -0.255. The van der Waals surface area contributed by atoms with Gasteiger partial charge in [0.25, 0.3) is 0 Å². The van der Waals surface area contributed by atoms with E-state index in [0.717, 1.165) is 0 Å². The van der Waals surface area contributed by atoms with Gasteiger partial charge in [-0.3, -0.25) is 0 Å². The second-order valence-corrected chi connectivity index (χ2v) is 3.75. The van der Waals surface area contributed by atoms with E-state index in [2.05, 4.69) is 0 Å². The molecule has 12 heavy (non-hydrogen) atoms. The van der Waals surface area contributed by atoms with Crippen LogP contribution >= 0.6 is 0 Å². The first-order chi connectivity index (χ1) is 5.41. The molecule has 0 atom stereocenters. The summed E-state index contributed by atoms with van der Waals surface area (Å²) in [5, 5.41) is 8.60. The topological polar surface area (TPSA) is 50.4 Å². The van der Waals surface area contributed by atoms with Crippen LogP contribution in [0.4, 0.5) is 0 Å². The van der Waals surface area contributed by atoms with Gasteiger partial charge in [-0.05, 0) is 6.07 Å². The van der Waals surface area contributed by atoms with Gasteiger partial charge in [-0.25, -0.2) is 4.79 Å². The Bertz CT molecular complexity index is 291. The minimum atomic E-state index is -0.950. The van der Waals surface area contributed by atoms with Gasteiger partial charge >= 0.3 is 5.97 Å². The summed E-state index contributed by atoms with van der Waals surface area (Å²) in [6, 6.07) is 1.56. The van der Waals surface area contributed by atoms with Gasteiger partial charge < -0.3 is 9.52 Å². The molecule has 0 unspecified atom stereocenters. The lowest BCUT2D eigenvalue weighted by molar-refractivity contribution is 0.0696. The van der Waals surface area contributed by atoms with Gasteiger partial charge in [0.2, 0.25) is 0 Å². The quantitative estimate of drug-likeness (QED) is 0.699. The van der Waals surface area contributed by atoms with Gasteiger partial charge in [0, 0.05) is 5.41 Å². The molecule has 0 saturated carbocycles. The predicted octanol–water partition coefficient (Wildman–Crippen LogP) is 2.28. The van der Waals surface area contributed by atoms with Crippen molar-refractivity contribution in [3.63, 3.8) is 0 Å². The standard InChI is InChI=1S/C9H12O3/c1-9(2,3)7-4-6(5-12-7)8(10)11/h4-5H,1-3H3,(H,10,11). The van der Waals surface area contributed by atoms with Crippen LogP contribution in [0.5, 0.6) is 0 Å². The van der Waals surface area contributed by atoms with Crippen molar-refractivity contribution in [1.82, 2.24) is 0 Å². The van der Waals surface area contributed by atoms with E-state index in [-0.39, 0.29) is 11.0 Å². The van der Waals surface area contributed by atoms with Crippen molar-refractivity contribution in [2.45, 2.75) is 26.2 Å². The highest BCUT2D eigenvalue weighted by Gasteiger charge is 2.19. The highest BCUT2D eigenvalue weighted by atomic mass is 16.4. The van der Waals surface area contributed by atoms with E-state index in [1.165, 1.54) is 6.26 Å². The largest absolute Gasteiger partial charge is 0.478 e. The third-order valence-corrected chi connectivity index (χ3v) is 1.59. The van der Waals surface area contributed by atoms with Crippen molar-refractivity contribution >= 4 is 5.97 Å². The maximum Gasteiger partial charge on any atom is 0.338 e. The highest BCUT2D eigenvalue weighted by Crippen LogP contribution is 2.23. The first kappa shape index (κ1) is 8.84. The van der Waals surface area contributed by atoms with Crippen molar-refractivity contribution in [1.29, 1.82) is 0 Å². The Morgan fingerprint density at radius 3 is 2.33 bits per heavy atom. The third kappa shape index (κ3) is 1.67. The summed E-state index contributed by atoms with van der Waals surface area (Å²) >= 11 is 0. The maximum absolute atomic E-state index is 10.5. The molecular formula is C9H12O3. The molecule has 0 bridgehead atoms. The molecular weight excluding hydrogens is 156 g/mol. The van der Waals surface area contributed by atoms with E-state index in [9.17, 15) is 4.79 Å². The minimum Gasteiger partial charge on any atom is -0.478 e. The second-order valence-electron chi connectivity index (χ2n) is 3.75. The van der Waals surface area contributed by atoms with Gasteiger partial charge in [0.1, 0.15) is 12.0 Å². The van der Waals surface area contributed by atoms with E-state index < -0.39 is 5.97 Å². The zero-order chi connectivity index (χ0) is 9.35. The summed E-state index contributed by atoms with van der Waals surface area (Å²) in [6.45, 7) is 5.91. The summed E-state index contributed by atoms with van der Waals surface area (Å²) in [6.07, 6.45) is 1.27. The molecule has 1 aromatic heterocycles. The van der Waals surface area contributed by atoms with Gasteiger partial charge in [0.15, 0.2) is 0 Å². The summed E-state index contributed by atoms with van der Waals surface area (Å²) in [7, 11) is 0. The lowest BCUT2D eigenvalue weighted by Crippen LogP contribution is -2.09. The molecule has 1 aromatic rings. The molecule has 1 rings (SSSR count). The third-order valence-electron chi connectivity index (χ3n) is 1.59. The van der Waals surface area contributed by atoms with Crippen molar-refractivity contribution in [3.8, 4) is 0 Å². The van der Waals surface area contributed by atoms with Gasteiger partial charge in [0.05, 0.1) is 5.56 Å². The van der Waals surface area contributed by atoms with Gasteiger partial charge in [-0.1, -0.05) is 20.8 Å². The van der Waals surface area contributed by atoms with Crippen molar-refractivity contribution in [2.75, 3.05) is 0 Å². The van der Waals surface area contributed by atoms with Gasteiger partial charge in [-0.2, -0.15) is 0 Å². The number of carboxylic acid groups (broad SMARTS) is 1. The van der Waals surface area contributed by atoms with Crippen LogP contribution in [-0.2, 0) is 5.41 Å². The van der Waals surface area contributed by atoms with Crippen molar-refractivity contribution in [2.24, 2.45) is 0 Å². The predicted molar refractivity (Wildman–Crippen MR) is 44.4 cm³/mol. The van der Waals surface area contributed by atoms with E-state index in [4.69, 9.17) is 9.52 Å². The Labute approximate surface area is 71.0 Å². The minimum absolute atomic E-state index is 0.131. The molecule has 0 aliphatic carbocycles. The molecule has 3 heteroatoms. The Balaban J connectivity index is 3.00. The zero-order valence-corrected chi connectivity index (χ0v) is 7.42. The second kappa shape index (κ2) is 2.66. The number of rotatable bonds is 1. The summed E-state index contributed by atoms with van der Waals surface area (Å²) in [5.41, 5.74) is 0.0770. The fraction of sp³-hybridized carbons (Fsp3) is 0.444. The number of hydrogen-bond donors (Lipinski definition) is 1. The van der Waals surface area contributed by atoms with E-state index in [1.54, 1.807) is 6.07 Å². The van der Waals surface area contributed by atoms with Crippen molar-refractivity contribution < 1.29 is 14.3 Å². The molecule has 0 saturated heterocycles. The average molecular weight is 168 g/mol. The molecule has 1 heterocycles. The number of hydrogen-bond acceptors (Lipinski definition) is 2. The van der Waals surface area contributed by atoms with E-state index in [0.29, 0.717) is 5.76 Å². The Morgan fingerprint density at radius 2 is 2.08 bits per heavy atom. The summed E-state index contributed by atoms with van der Waals surface area (Å²) < 4.78 is 5.11. The molecule has 3 nitrogen and oxygen atoms in total. The number of carbonyl (C=O) groups is 1. The average Bonchev–Trinajstić information content (AvgIpc) is 2.30. The Hall–Kier alpha value is -1.25. The van der Waals surface area contributed by atoms with E-state index in [1.807, 2.05) is 20.8 Å². The first-order valence-corrected chi connectivity index (χ1v) is 3.73. The van der Waals surface area contributed by atoms with Crippen molar-refractivity contribution in [3.05, 3.63) is 23.7 Å². The first-order valence-electron chi connectivity index (χ1n) is 3.73. The Morgan fingerprint density at radius 1 is 1.50 bits per heavy atom. The molecule has 66 valence electrons. The molecule has 0 fully saturated rings. The van der Waals surface area contributed by atoms with Crippen LogP contribution in [0.3, 0.4) is 0 Å². The molecule has 0 aliphatic rings. The molecule has 0 aliphatic heterocycles. The molecule has 0 amide bonds. The molecule has 0 spiro atoms. The normalized spacial score (nSPS) is 11.6. The van der Waals surface area contributed by atoms with Crippen LogP contribution in [-0.4, -0.2) is 11.1 Å². The SMILES string of the molecule is CC(C)(C)c1cc(C(=O)O)co1. The Kier molecular flexibility index (Phi) is 1.96. The van der Waals surface area contributed by atoms with Crippen LogP contribution in [0.1, 0.15) is 36.9 Å². The van der Waals surface area contributed by atoms with Crippen LogP contribution < -0.4 is 0 Å². The zero-order valence-electron chi connectivity index (χ0n) is 7.42. The van der Waals surface area contributed by atoms with Crippen LogP contribution in [0.15, 0.2) is 16.7 Å². The van der Waals surface area contributed by atoms with Crippen LogP contribution in [0.2, 0.25) is 0 Å². The monoisotopic (exact) mass is 168 g/mol.